The molecule has 3 fully saturated rings. The number of fused-ring (bicyclic) bond motifs is 2. The summed E-state index contributed by atoms with van der Waals surface area (Å²) < 4.78 is 7.29. The normalized spacial score (nSPS) is 19.3. The second kappa shape index (κ2) is 7.61. The number of amides is 1. The van der Waals surface area contributed by atoms with E-state index in [0.29, 0.717) is 17.6 Å². The Labute approximate surface area is 201 Å². The van der Waals surface area contributed by atoms with Crippen LogP contribution in [-0.4, -0.2) is 62.8 Å². The molecule has 3 N–H and O–H groups in total. The number of anilines is 2. The number of nitrogens with one attached hydrogen (secondary N) is 1. The molecule has 5 heterocycles. The number of morpholine rings is 1. The van der Waals surface area contributed by atoms with E-state index >= 15 is 0 Å². The summed E-state index contributed by atoms with van der Waals surface area (Å²) in [4.78, 5) is 28.6. The number of carbonyl (C=O) groups is 1. The van der Waals surface area contributed by atoms with Crippen LogP contribution in [0, 0.1) is 0 Å². The number of primary amides is 1. The molecular weight excluding hydrogens is 444 g/mol. The third-order valence-electron chi connectivity index (χ3n) is 7.33. The summed E-state index contributed by atoms with van der Waals surface area (Å²) in [6, 6.07) is 6.49. The molecule has 1 aliphatic heterocycles. The fraction of sp³-hybridized carbons (Fsp3) is 0.400. The number of nitrogens with two attached hydrogens (primary N) is 1. The number of pyridine rings is 3. The number of aromatic nitrogens is 5. The molecule has 0 radical (unpaired) electrons. The summed E-state index contributed by atoms with van der Waals surface area (Å²) >= 11 is 0. The molecule has 2 aliphatic carbocycles. The minimum absolute atomic E-state index is 0.321. The van der Waals surface area contributed by atoms with E-state index in [-0.39, 0.29) is 5.91 Å². The van der Waals surface area contributed by atoms with Crippen molar-refractivity contribution in [2.24, 2.45) is 5.73 Å². The van der Waals surface area contributed by atoms with Crippen molar-refractivity contribution in [3.05, 3.63) is 42.5 Å². The van der Waals surface area contributed by atoms with Gasteiger partial charge in [0.15, 0.2) is 11.5 Å². The SMILES string of the molecule is NC(=O)C1(c2cc3c(-c4nc5ccc(N6CCOCC6)cn5n4)cnc(NC4CC4)c3cn2)CC1. The maximum absolute atomic E-state index is 12.2. The summed E-state index contributed by atoms with van der Waals surface area (Å²) in [5, 5.41) is 10.1. The molecule has 10 heteroatoms. The van der Waals surface area contributed by atoms with Crippen molar-refractivity contribution < 1.29 is 9.53 Å². The van der Waals surface area contributed by atoms with E-state index in [1.807, 2.05) is 29.0 Å². The Balaban J connectivity index is 1.35. The van der Waals surface area contributed by atoms with Crippen molar-refractivity contribution >= 4 is 33.8 Å². The average molecular weight is 471 g/mol. The van der Waals surface area contributed by atoms with Crippen LogP contribution in [0.1, 0.15) is 31.4 Å². The van der Waals surface area contributed by atoms with Gasteiger partial charge < -0.3 is 20.7 Å². The molecule has 10 nitrogen and oxygen atoms in total. The molecule has 4 aromatic heterocycles. The number of rotatable bonds is 6. The largest absolute Gasteiger partial charge is 0.378 e. The Bertz CT molecular complexity index is 1470. The van der Waals surface area contributed by atoms with Crippen LogP contribution in [0.25, 0.3) is 27.8 Å². The lowest BCUT2D eigenvalue weighted by Gasteiger charge is -2.28. The molecule has 0 aromatic carbocycles. The van der Waals surface area contributed by atoms with E-state index in [4.69, 9.17) is 25.5 Å². The summed E-state index contributed by atoms with van der Waals surface area (Å²) in [6.07, 6.45) is 9.37. The fourth-order valence-electron chi connectivity index (χ4n) is 4.86. The molecule has 0 spiro atoms. The Morgan fingerprint density at radius 1 is 1.11 bits per heavy atom. The van der Waals surface area contributed by atoms with Gasteiger partial charge in [0.1, 0.15) is 5.82 Å². The highest BCUT2D eigenvalue weighted by molar-refractivity contribution is 6.01. The van der Waals surface area contributed by atoms with Crippen LogP contribution in [0.3, 0.4) is 0 Å². The molecule has 3 aliphatic rings. The Morgan fingerprint density at radius 3 is 2.69 bits per heavy atom. The first-order chi connectivity index (χ1) is 17.1. The number of hydrogen-bond donors (Lipinski definition) is 2. The van der Waals surface area contributed by atoms with Crippen LogP contribution in [0.15, 0.2) is 36.8 Å². The minimum Gasteiger partial charge on any atom is -0.378 e. The van der Waals surface area contributed by atoms with E-state index in [0.717, 1.165) is 85.5 Å². The van der Waals surface area contributed by atoms with Gasteiger partial charge in [-0.05, 0) is 43.9 Å². The predicted molar refractivity (Wildman–Crippen MR) is 131 cm³/mol. The lowest BCUT2D eigenvalue weighted by molar-refractivity contribution is -0.120. The Hall–Kier alpha value is -3.79. The highest BCUT2D eigenvalue weighted by Crippen LogP contribution is 2.48. The van der Waals surface area contributed by atoms with Crippen LogP contribution < -0.4 is 16.0 Å². The summed E-state index contributed by atoms with van der Waals surface area (Å²) in [7, 11) is 0. The van der Waals surface area contributed by atoms with E-state index in [2.05, 4.69) is 21.3 Å². The Morgan fingerprint density at radius 2 is 1.94 bits per heavy atom. The van der Waals surface area contributed by atoms with Crippen LogP contribution >= 0.6 is 0 Å². The first-order valence-corrected chi connectivity index (χ1v) is 12.2. The second-order valence-corrected chi connectivity index (χ2v) is 9.73. The maximum Gasteiger partial charge on any atom is 0.229 e. The van der Waals surface area contributed by atoms with Gasteiger partial charge in [-0.15, -0.1) is 5.10 Å². The van der Waals surface area contributed by atoms with E-state index in [1.54, 1.807) is 6.20 Å². The van der Waals surface area contributed by atoms with Crippen LogP contribution in [0.2, 0.25) is 0 Å². The second-order valence-electron chi connectivity index (χ2n) is 9.73. The van der Waals surface area contributed by atoms with Gasteiger partial charge in [0.2, 0.25) is 5.91 Å². The molecule has 1 saturated heterocycles. The quantitative estimate of drug-likeness (QED) is 0.440. The van der Waals surface area contributed by atoms with Crippen molar-refractivity contribution in [2.75, 3.05) is 36.5 Å². The van der Waals surface area contributed by atoms with Gasteiger partial charge in [-0.3, -0.25) is 9.78 Å². The van der Waals surface area contributed by atoms with Crippen LogP contribution in [0.5, 0.6) is 0 Å². The molecule has 7 rings (SSSR count). The predicted octanol–water partition coefficient (Wildman–Crippen LogP) is 2.27. The zero-order chi connectivity index (χ0) is 23.6. The first kappa shape index (κ1) is 20.6. The smallest absolute Gasteiger partial charge is 0.229 e. The molecule has 0 atom stereocenters. The van der Waals surface area contributed by atoms with E-state index in [1.165, 1.54) is 0 Å². The van der Waals surface area contributed by atoms with Gasteiger partial charge in [-0.2, -0.15) is 0 Å². The molecular formula is C25H26N8O2. The van der Waals surface area contributed by atoms with Gasteiger partial charge in [0.25, 0.3) is 0 Å². The van der Waals surface area contributed by atoms with Gasteiger partial charge in [-0.25, -0.2) is 14.5 Å². The summed E-state index contributed by atoms with van der Waals surface area (Å²) in [5.41, 5.74) is 8.44. The maximum atomic E-state index is 12.2. The van der Waals surface area contributed by atoms with Crippen LogP contribution in [0.4, 0.5) is 11.5 Å². The van der Waals surface area contributed by atoms with Crippen molar-refractivity contribution in [3.8, 4) is 11.4 Å². The van der Waals surface area contributed by atoms with Crippen molar-refractivity contribution in [1.29, 1.82) is 0 Å². The van der Waals surface area contributed by atoms with Crippen molar-refractivity contribution in [2.45, 2.75) is 37.1 Å². The van der Waals surface area contributed by atoms with Crippen LogP contribution in [-0.2, 0) is 14.9 Å². The molecule has 0 unspecified atom stereocenters. The van der Waals surface area contributed by atoms with Gasteiger partial charge in [0.05, 0.1) is 36.2 Å². The minimum atomic E-state index is -0.668. The monoisotopic (exact) mass is 470 g/mol. The highest BCUT2D eigenvalue weighted by atomic mass is 16.5. The standard InChI is InChI=1S/C25H26N8O2/c26-24(34)25(5-6-25)20-11-17-18(12-27-20)22(29-15-1-2-15)28-13-19(17)23-30-21-4-3-16(14-33(21)31-23)32-7-9-35-10-8-32/h3-4,11-15H,1-2,5-10H2,(H2,26,34)(H,28,29). The molecule has 2 saturated carbocycles. The van der Waals surface area contributed by atoms with Gasteiger partial charge in [-0.1, -0.05) is 0 Å². The number of carbonyl (C=O) groups excluding carboxylic acids is 1. The van der Waals surface area contributed by atoms with Crippen molar-refractivity contribution in [1.82, 2.24) is 24.6 Å². The first-order valence-electron chi connectivity index (χ1n) is 12.2. The molecule has 0 bridgehead atoms. The molecule has 178 valence electrons. The molecule has 35 heavy (non-hydrogen) atoms. The van der Waals surface area contributed by atoms with Gasteiger partial charge in [0, 0.05) is 47.9 Å². The third kappa shape index (κ3) is 3.47. The lowest BCUT2D eigenvalue weighted by Crippen LogP contribution is -2.36. The zero-order valence-electron chi connectivity index (χ0n) is 19.3. The van der Waals surface area contributed by atoms with E-state index in [9.17, 15) is 4.79 Å². The van der Waals surface area contributed by atoms with E-state index < -0.39 is 5.41 Å². The summed E-state index contributed by atoms with van der Waals surface area (Å²) in [6.45, 7) is 3.16. The lowest BCUT2D eigenvalue weighted by atomic mass is 9.97. The molecule has 4 aromatic rings. The zero-order valence-corrected chi connectivity index (χ0v) is 19.3. The number of hydrogen-bond acceptors (Lipinski definition) is 8. The highest BCUT2D eigenvalue weighted by Gasteiger charge is 2.51. The topological polar surface area (TPSA) is 124 Å². The third-order valence-corrected chi connectivity index (χ3v) is 7.33. The van der Waals surface area contributed by atoms with Gasteiger partial charge >= 0.3 is 0 Å². The Kier molecular flexibility index (Phi) is 4.47. The number of ether oxygens (including phenoxy) is 1. The summed E-state index contributed by atoms with van der Waals surface area (Å²) in [5.74, 6) is 1.06. The fourth-order valence-corrected chi connectivity index (χ4v) is 4.86. The molecule has 1 amide bonds. The van der Waals surface area contributed by atoms with Crippen molar-refractivity contribution in [3.63, 3.8) is 0 Å². The number of nitrogens with zero attached hydrogens (tertiary/aromatic N) is 6. The average Bonchev–Trinajstić information content (AvgIpc) is 3.81.